The average Bonchev–Trinajstić information content (AvgIpc) is 2.25. The predicted molar refractivity (Wildman–Crippen MR) is 77.2 cm³/mol. The molecule has 0 saturated carbocycles. The molecule has 0 aromatic carbocycles. The summed E-state index contributed by atoms with van der Waals surface area (Å²) >= 11 is 3.40. The summed E-state index contributed by atoms with van der Waals surface area (Å²) in [6.45, 7) is 6.85. The topological polar surface area (TPSA) is 24.9 Å². The minimum absolute atomic E-state index is 0.321. The molecule has 0 aliphatic heterocycles. The zero-order valence-corrected chi connectivity index (χ0v) is 12.8. The lowest BCUT2D eigenvalue weighted by Crippen LogP contribution is -2.37. The molecular weight excluding hydrogens is 276 g/mol. The van der Waals surface area contributed by atoms with Crippen LogP contribution in [-0.2, 0) is 6.42 Å². The second-order valence-electron chi connectivity index (χ2n) is 5.57. The van der Waals surface area contributed by atoms with Crippen LogP contribution in [0.5, 0.6) is 0 Å². The first-order chi connectivity index (χ1) is 7.93. The first-order valence-corrected chi connectivity index (χ1v) is 7.00. The Bertz CT molecular complexity index is 327. The maximum absolute atomic E-state index is 4.40. The van der Waals surface area contributed by atoms with Crippen molar-refractivity contribution >= 4 is 15.9 Å². The van der Waals surface area contributed by atoms with Crippen LogP contribution in [0.3, 0.4) is 0 Å². The predicted octanol–water partition coefficient (Wildman–Crippen LogP) is 3.80. The fourth-order valence-electron chi connectivity index (χ4n) is 2.05. The standard InChI is InChI=1S/C14H23BrN2/c1-14(2,3)13(16-4)7-5-6-12-9-8-11(15)10-17-12/h8-10,13,16H,5-7H2,1-4H3. The molecule has 1 heterocycles. The van der Waals surface area contributed by atoms with Crippen molar-refractivity contribution in [2.24, 2.45) is 5.41 Å². The van der Waals surface area contributed by atoms with Gasteiger partial charge in [-0.2, -0.15) is 0 Å². The molecule has 1 aromatic rings. The van der Waals surface area contributed by atoms with Crippen LogP contribution in [0.2, 0.25) is 0 Å². The maximum atomic E-state index is 4.40. The van der Waals surface area contributed by atoms with Crippen LogP contribution in [0.1, 0.15) is 39.3 Å². The van der Waals surface area contributed by atoms with Gasteiger partial charge in [-0.3, -0.25) is 4.98 Å². The minimum Gasteiger partial charge on any atom is -0.316 e. The Labute approximate surface area is 113 Å². The van der Waals surface area contributed by atoms with Gasteiger partial charge in [0.05, 0.1) is 0 Å². The average molecular weight is 299 g/mol. The van der Waals surface area contributed by atoms with Crippen molar-refractivity contribution in [3.8, 4) is 0 Å². The zero-order chi connectivity index (χ0) is 12.9. The summed E-state index contributed by atoms with van der Waals surface area (Å²) in [5, 5.41) is 3.41. The summed E-state index contributed by atoms with van der Waals surface area (Å²) in [4.78, 5) is 4.40. The Morgan fingerprint density at radius 2 is 2.06 bits per heavy atom. The quantitative estimate of drug-likeness (QED) is 0.894. The first kappa shape index (κ1) is 14.7. The van der Waals surface area contributed by atoms with E-state index in [1.165, 1.54) is 18.5 Å². The molecule has 1 atom stereocenters. The van der Waals surface area contributed by atoms with Crippen LogP contribution in [0.4, 0.5) is 0 Å². The number of aryl methyl sites for hydroxylation is 1. The summed E-state index contributed by atoms with van der Waals surface area (Å²) in [7, 11) is 2.05. The molecule has 1 aromatic heterocycles. The van der Waals surface area contributed by atoms with E-state index in [1.807, 2.05) is 13.2 Å². The molecule has 0 radical (unpaired) electrons. The summed E-state index contributed by atoms with van der Waals surface area (Å²) in [6, 6.07) is 4.72. The van der Waals surface area contributed by atoms with Crippen LogP contribution in [0.15, 0.2) is 22.8 Å². The molecular formula is C14H23BrN2. The molecule has 0 spiro atoms. The van der Waals surface area contributed by atoms with Gasteiger partial charge in [-0.1, -0.05) is 20.8 Å². The summed E-state index contributed by atoms with van der Waals surface area (Å²) in [6.07, 6.45) is 5.30. The number of hydrogen-bond donors (Lipinski definition) is 1. The number of pyridine rings is 1. The van der Waals surface area contributed by atoms with E-state index in [0.29, 0.717) is 11.5 Å². The second kappa shape index (κ2) is 6.50. The highest BCUT2D eigenvalue weighted by Crippen LogP contribution is 2.23. The summed E-state index contributed by atoms with van der Waals surface area (Å²) < 4.78 is 1.05. The van der Waals surface area contributed by atoms with Gasteiger partial charge in [-0.25, -0.2) is 0 Å². The molecule has 1 unspecified atom stereocenters. The molecule has 0 bridgehead atoms. The van der Waals surface area contributed by atoms with E-state index in [9.17, 15) is 0 Å². The lowest BCUT2D eigenvalue weighted by molar-refractivity contribution is 0.263. The Morgan fingerprint density at radius 1 is 1.35 bits per heavy atom. The van der Waals surface area contributed by atoms with Gasteiger partial charge in [0.25, 0.3) is 0 Å². The van der Waals surface area contributed by atoms with Gasteiger partial charge in [0.2, 0.25) is 0 Å². The van der Waals surface area contributed by atoms with Crippen molar-refractivity contribution in [3.05, 3.63) is 28.5 Å². The second-order valence-corrected chi connectivity index (χ2v) is 6.48. The van der Waals surface area contributed by atoms with Gasteiger partial charge >= 0.3 is 0 Å². The van der Waals surface area contributed by atoms with Crippen LogP contribution in [0, 0.1) is 5.41 Å². The maximum Gasteiger partial charge on any atom is 0.0413 e. The van der Waals surface area contributed by atoms with E-state index >= 15 is 0 Å². The third kappa shape index (κ3) is 5.17. The highest BCUT2D eigenvalue weighted by Gasteiger charge is 2.22. The smallest absolute Gasteiger partial charge is 0.0413 e. The molecule has 3 heteroatoms. The van der Waals surface area contributed by atoms with Crippen molar-refractivity contribution < 1.29 is 0 Å². The molecule has 1 N–H and O–H groups in total. The van der Waals surface area contributed by atoms with E-state index in [1.54, 1.807) is 0 Å². The van der Waals surface area contributed by atoms with Gasteiger partial charge in [0, 0.05) is 22.4 Å². The van der Waals surface area contributed by atoms with Crippen LogP contribution < -0.4 is 5.32 Å². The van der Waals surface area contributed by atoms with E-state index in [2.05, 4.69) is 59.1 Å². The van der Waals surface area contributed by atoms with Crippen molar-refractivity contribution in [2.45, 2.75) is 46.1 Å². The normalized spacial score (nSPS) is 13.7. The lowest BCUT2D eigenvalue weighted by atomic mass is 9.84. The molecule has 0 amide bonds. The Morgan fingerprint density at radius 3 is 2.53 bits per heavy atom. The van der Waals surface area contributed by atoms with Crippen LogP contribution in [0.25, 0.3) is 0 Å². The van der Waals surface area contributed by atoms with Gasteiger partial charge in [-0.15, -0.1) is 0 Å². The number of halogens is 1. The number of nitrogens with zero attached hydrogens (tertiary/aromatic N) is 1. The van der Waals surface area contributed by atoms with E-state index < -0.39 is 0 Å². The van der Waals surface area contributed by atoms with Gasteiger partial charge in [-0.05, 0) is 59.8 Å². The van der Waals surface area contributed by atoms with Gasteiger partial charge in [0.15, 0.2) is 0 Å². The van der Waals surface area contributed by atoms with Crippen LogP contribution >= 0.6 is 15.9 Å². The van der Waals surface area contributed by atoms with E-state index in [0.717, 1.165) is 10.9 Å². The number of aromatic nitrogens is 1. The monoisotopic (exact) mass is 298 g/mol. The summed E-state index contributed by atoms with van der Waals surface area (Å²) in [5.41, 5.74) is 1.50. The number of nitrogens with one attached hydrogen (secondary N) is 1. The first-order valence-electron chi connectivity index (χ1n) is 6.21. The Hall–Kier alpha value is -0.410. The lowest BCUT2D eigenvalue weighted by Gasteiger charge is -2.30. The molecule has 1 rings (SSSR count). The SMILES string of the molecule is CNC(CCCc1ccc(Br)cn1)C(C)(C)C. The molecule has 0 fully saturated rings. The summed E-state index contributed by atoms with van der Waals surface area (Å²) in [5.74, 6) is 0. The molecule has 96 valence electrons. The zero-order valence-electron chi connectivity index (χ0n) is 11.3. The number of hydrogen-bond acceptors (Lipinski definition) is 2. The van der Waals surface area contributed by atoms with Crippen molar-refractivity contribution in [1.82, 2.24) is 10.3 Å². The van der Waals surface area contributed by atoms with Crippen molar-refractivity contribution in [2.75, 3.05) is 7.05 Å². The molecule has 2 nitrogen and oxygen atoms in total. The van der Waals surface area contributed by atoms with Crippen molar-refractivity contribution in [3.63, 3.8) is 0 Å². The van der Waals surface area contributed by atoms with E-state index in [-0.39, 0.29) is 0 Å². The molecule has 0 aliphatic carbocycles. The third-order valence-corrected chi connectivity index (χ3v) is 3.58. The minimum atomic E-state index is 0.321. The van der Waals surface area contributed by atoms with Gasteiger partial charge < -0.3 is 5.32 Å². The molecule has 0 aliphatic rings. The third-order valence-electron chi connectivity index (χ3n) is 3.11. The van der Waals surface area contributed by atoms with Crippen LogP contribution in [-0.4, -0.2) is 18.1 Å². The Balaban J connectivity index is 2.39. The number of rotatable bonds is 5. The Kier molecular flexibility index (Phi) is 5.60. The largest absolute Gasteiger partial charge is 0.316 e. The van der Waals surface area contributed by atoms with Gasteiger partial charge in [0.1, 0.15) is 0 Å². The molecule has 0 saturated heterocycles. The van der Waals surface area contributed by atoms with E-state index in [4.69, 9.17) is 0 Å². The fourth-order valence-corrected chi connectivity index (χ4v) is 2.29. The fraction of sp³-hybridized carbons (Fsp3) is 0.643. The van der Waals surface area contributed by atoms with Crippen molar-refractivity contribution in [1.29, 1.82) is 0 Å². The highest BCUT2D eigenvalue weighted by atomic mass is 79.9. The highest BCUT2D eigenvalue weighted by molar-refractivity contribution is 9.10. The molecule has 17 heavy (non-hydrogen) atoms.